The van der Waals surface area contributed by atoms with Crippen LogP contribution >= 0.6 is 11.8 Å². The lowest BCUT2D eigenvalue weighted by Gasteiger charge is -2.27. The number of fused-ring (bicyclic) bond motifs is 1. The maximum absolute atomic E-state index is 4.54. The zero-order chi connectivity index (χ0) is 12.4. The molecule has 4 nitrogen and oxygen atoms in total. The Morgan fingerprint density at radius 2 is 2.22 bits per heavy atom. The van der Waals surface area contributed by atoms with E-state index in [1.54, 1.807) is 10.7 Å². The highest BCUT2D eigenvalue weighted by molar-refractivity contribution is 8.00. The number of nitrogens with zero attached hydrogens (tertiary/aromatic N) is 3. The summed E-state index contributed by atoms with van der Waals surface area (Å²) in [5.74, 6) is 0.948. The van der Waals surface area contributed by atoms with Crippen LogP contribution in [0.1, 0.15) is 25.7 Å². The molecule has 0 atom stereocenters. The highest BCUT2D eigenvalue weighted by Crippen LogP contribution is 2.40. The highest BCUT2D eigenvalue weighted by atomic mass is 32.2. The molecule has 0 amide bonds. The van der Waals surface area contributed by atoms with Gasteiger partial charge < -0.3 is 5.32 Å². The molecule has 0 radical (unpaired) electrons. The fourth-order valence-electron chi connectivity index (χ4n) is 2.64. The molecule has 1 aliphatic carbocycles. The van der Waals surface area contributed by atoms with Gasteiger partial charge in [-0.3, -0.25) is 0 Å². The summed E-state index contributed by atoms with van der Waals surface area (Å²) in [5.41, 5.74) is 0.893. The molecule has 96 valence electrons. The summed E-state index contributed by atoms with van der Waals surface area (Å²) in [6.45, 7) is 1.01. The zero-order valence-corrected chi connectivity index (χ0v) is 11.4. The first-order chi connectivity index (χ1) is 8.81. The summed E-state index contributed by atoms with van der Waals surface area (Å²) in [4.78, 5) is 4.54. The Hall–Kier alpha value is -1.23. The van der Waals surface area contributed by atoms with Gasteiger partial charge in [-0.15, -0.1) is 0 Å². The highest BCUT2D eigenvalue weighted by Gasteiger charge is 2.32. The molecule has 1 aliphatic rings. The maximum Gasteiger partial charge on any atom is 0.157 e. The second-order valence-corrected chi connectivity index (χ2v) is 6.17. The predicted octanol–water partition coefficient (Wildman–Crippen LogP) is 2.82. The lowest BCUT2D eigenvalue weighted by Crippen LogP contribution is -2.30. The van der Waals surface area contributed by atoms with E-state index in [1.807, 2.05) is 30.1 Å². The van der Waals surface area contributed by atoms with Crippen LogP contribution in [-0.4, -0.2) is 32.1 Å². The van der Waals surface area contributed by atoms with Crippen molar-refractivity contribution in [2.75, 3.05) is 18.1 Å². The van der Waals surface area contributed by atoms with Crippen molar-refractivity contribution in [1.29, 1.82) is 0 Å². The van der Waals surface area contributed by atoms with E-state index in [1.165, 1.54) is 25.7 Å². The standard InChI is InChI=1S/C13H18N4S/c1-18-13(6-2-3-7-13)10-14-11-5-9-17-12(16-11)4-8-15-17/h4-5,8-9H,2-3,6-7,10H2,1H3,(H,14,16). The Kier molecular flexibility index (Phi) is 3.16. The fourth-order valence-corrected chi connectivity index (χ4v) is 3.55. The lowest BCUT2D eigenvalue weighted by molar-refractivity contribution is 0.638. The Labute approximate surface area is 111 Å². The molecule has 0 aromatic carbocycles. The van der Waals surface area contributed by atoms with Crippen molar-refractivity contribution in [3.63, 3.8) is 0 Å². The van der Waals surface area contributed by atoms with Crippen molar-refractivity contribution in [2.45, 2.75) is 30.4 Å². The fraction of sp³-hybridized carbons (Fsp3) is 0.538. The molecule has 2 aromatic rings. The van der Waals surface area contributed by atoms with E-state index in [0.717, 1.165) is 18.0 Å². The van der Waals surface area contributed by atoms with Gasteiger partial charge >= 0.3 is 0 Å². The molecular formula is C13H18N4S. The van der Waals surface area contributed by atoms with Crippen LogP contribution in [-0.2, 0) is 0 Å². The molecule has 2 aromatic heterocycles. The summed E-state index contributed by atoms with van der Waals surface area (Å²) in [6.07, 6.45) is 11.3. The third-order valence-corrected chi connectivity index (χ3v) is 5.22. The topological polar surface area (TPSA) is 42.2 Å². The van der Waals surface area contributed by atoms with Gasteiger partial charge in [-0.2, -0.15) is 16.9 Å². The van der Waals surface area contributed by atoms with E-state index in [0.29, 0.717) is 4.75 Å². The van der Waals surface area contributed by atoms with Gasteiger partial charge in [0, 0.05) is 23.6 Å². The Morgan fingerprint density at radius 1 is 1.39 bits per heavy atom. The Bertz CT molecular complexity index is 531. The summed E-state index contributed by atoms with van der Waals surface area (Å²) in [6, 6.07) is 3.91. The molecule has 1 fully saturated rings. The molecular weight excluding hydrogens is 244 g/mol. The lowest BCUT2D eigenvalue weighted by atomic mass is 10.1. The average Bonchev–Trinajstić information content (AvgIpc) is 3.05. The normalized spacial score (nSPS) is 18.3. The molecule has 5 heteroatoms. The molecule has 0 spiro atoms. The van der Waals surface area contributed by atoms with Crippen LogP contribution in [0.2, 0.25) is 0 Å². The SMILES string of the molecule is CSC1(CNc2ccn3nccc3n2)CCCC1. The van der Waals surface area contributed by atoms with Crippen molar-refractivity contribution in [3.8, 4) is 0 Å². The summed E-state index contributed by atoms with van der Waals surface area (Å²) < 4.78 is 2.19. The van der Waals surface area contributed by atoms with E-state index in [2.05, 4.69) is 21.7 Å². The molecule has 1 N–H and O–H groups in total. The molecule has 2 heterocycles. The van der Waals surface area contributed by atoms with Crippen molar-refractivity contribution in [2.24, 2.45) is 0 Å². The number of hydrogen-bond donors (Lipinski definition) is 1. The predicted molar refractivity (Wildman–Crippen MR) is 76.2 cm³/mol. The minimum absolute atomic E-state index is 0.411. The first kappa shape index (κ1) is 11.8. The molecule has 3 rings (SSSR count). The van der Waals surface area contributed by atoms with Crippen LogP contribution in [0.15, 0.2) is 24.5 Å². The number of hydrogen-bond acceptors (Lipinski definition) is 4. The quantitative estimate of drug-likeness (QED) is 0.920. The van der Waals surface area contributed by atoms with E-state index >= 15 is 0 Å². The van der Waals surface area contributed by atoms with Crippen LogP contribution in [0.5, 0.6) is 0 Å². The van der Waals surface area contributed by atoms with Gasteiger partial charge in [0.15, 0.2) is 5.65 Å². The molecule has 0 aliphatic heterocycles. The van der Waals surface area contributed by atoms with Crippen LogP contribution in [0.4, 0.5) is 5.82 Å². The van der Waals surface area contributed by atoms with Gasteiger partial charge in [0.1, 0.15) is 5.82 Å². The van der Waals surface area contributed by atoms with E-state index in [-0.39, 0.29) is 0 Å². The number of anilines is 1. The summed E-state index contributed by atoms with van der Waals surface area (Å²) in [7, 11) is 0. The van der Waals surface area contributed by atoms with E-state index in [4.69, 9.17) is 0 Å². The summed E-state index contributed by atoms with van der Waals surface area (Å²) in [5, 5.41) is 7.64. The van der Waals surface area contributed by atoms with Crippen LogP contribution in [0, 0.1) is 0 Å². The number of thioether (sulfide) groups is 1. The minimum atomic E-state index is 0.411. The first-order valence-electron chi connectivity index (χ1n) is 6.41. The van der Waals surface area contributed by atoms with Gasteiger partial charge in [0.2, 0.25) is 0 Å². The maximum atomic E-state index is 4.54. The molecule has 0 saturated heterocycles. The van der Waals surface area contributed by atoms with Gasteiger partial charge in [-0.1, -0.05) is 12.8 Å². The zero-order valence-electron chi connectivity index (χ0n) is 10.6. The van der Waals surface area contributed by atoms with Crippen molar-refractivity contribution in [3.05, 3.63) is 24.5 Å². The smallest absolute Gasteiger partial charge is 0.157 e. The van der Waals surface area contributed by atoms with Crippen molar-refractivity contribution in [1.82, 2.24) is 14.6 Å². The third kappa shape index (κ3) is 2.19. The Morgan fingerprint density at radius 3 is 3.00 bits per heavy atom. The van der Waals surface area contributed by atoms with Gasteiger partial charge in [-0.25, -0.2) is 9.50 Å². The van der Waals surface area contributed by atoms with E-state index in [9.17, 15) is 0 Å². The largest absolute Gasteiger partial charge is 0.369 e. The average molecular weight is 262 g/mol. The van der Waals surface area contributed by atoms with E-state index < -0.39 is 0 Å². The number of aromatic nitrogens is 3. The van der Waals surface area contributed by atoms with Crippen molar-refractivity contribution < 1.29 is 0 Å². The third-order valence-electron chi connectivity index (χ3n) is 3.80. The minimum Gasteiger partial charge on any atom is -0.369 e. The first-order valence-corrected chi connectivity index (χ1v) is 7.63. The van der Waals surface area contributed by atoms with Crippen LogP contribution in [0.25, 0.3) is 5.65 Å². The van der Waals surface area contributed by atoms with Gasteiger partial charge in [0.25, 0.3) is 0 Å². The summed E-state index contributed by atoms with van der Waals surface area (Å²) >= 11 is 2.00. The van der Waals surface area contributed by atoms with Crippen molar-refractivity contribution >= 4 is 23.2 Å². The molecule has 0 unspecified atom stereocenters. The number of rotatable bonds is 4. The molecule has 18 heavy (non-hydrogen) atoms. The number of nitrogens with one attached hydrogen (secondary N) is 1. The monoisotopic (exact) mass is 262 g/mol. The van der Waals surface area contributed by atoms with Gasteiger partial charge in [0.05, 0.1) is 6.20 Å². The second-order valence-electron chi connectivity index (χ2n) is 4.89. The van der Waals surface area contributed by atoms with Gasteiger partial charge in [-0.05, 0) is 25.2 Å². The molecule has 0 bridgehead atoms. The Balaban J connectivity index is 1.72. The second kappa shape index (κ2) is 4.80. The van der Waals surface area contributed by atoms with Crippen LogP contribution in [0.3, 0.4) is 0 Å². The molecule has 1 saturated carbocycles. The van der Waals surface area contributed by atoms with Crippen LogP contribution < -0.4 is 5.32 Å².